The summed E-state index contributed by atoms with van der Waals surface area (Å²) in [6.07, 6.45) is 0. The quantitative estimate of drug-likeness (QED) is 0.390. The van der Waals surface area contributed by atoms with Crippen molar-refractivity contribution >= 4 is 21.8 Å². The largest absolute Gasteiger partial charge is 0.287 e. The second kappa shape index (κ2) is 6.23. The number of rotatable bonds is 2. The predicted octanol–water partition coefficient (Wildman–Crippen LogP) is 5.97. The Morgan fingerprint density at radius 2 is 1.74 bits per heavy atom. The summed E-state index contributed by atoms with van der Waals surface area (Å²) in [6.45, 7) is 8.63. The number of nitrogens with zero attached hydrogens (tertiary/aromatic N) is 2. The first-order chi connectivity index (χ1) is 14.0. The van der Waals surface area contributed by atoms with Gasteiger partial charge in [-0.3, -0.25) is 0 Å². The summed E-state index contributed by atoms with van der Waals surface area (Å²) in [5.74, 6) is 1.28. The van der Waals surface area contributed by atoms with E-state index in [-0.39, 0.29) is 0 Å². The number of para-hydroxylation sites is 1. The van der Waals surface area contributed by atoms with Crippen LogP contribution in [-0.2, 0) is 7.05 Å². The van der Waals surface area contributed by atoms with Crippen LogP contribution in [-0.4, -0.2) is 4.57 Å². The number of hydrogen-bond acceptors (Lipinski definition) is 0. The molecule has 0 fully saturated rings. The lowest BCUT2D eigenvalue weighted by Gasteiger charge is -2.15. The molecule has 4 rings (SSSR count). The maximum absolute atomic E-state index is 8.02. The van der Waals surface area contributed by atoms with Crippen molar-refractivity contribution < 1.29 is 8.68 Å². The smallest absolute Gasteiger partial charge is 0.234 e. The standard InChI is InChI=1S/C25H29N2/c1-15(2)24-17(4)14-21-20-10-8-9-11-22(20)27(25(21)19(24)6)23-13-16(3)12-18(5)26(23)7/h8-15H,1-7H3/q+1/i5D3. The van der Waals surface area contributed by atoms with Crippen molar-refractivity contribution in [2.24, 2.45) is 7.05 Å². The average Bonchev–Trinajstić information content (AvgIpc) is 2.97. The molecule has 0 bridgehead atoms. The van der Waals surface area contributed by atoms with Gasteiger partial charge in [0.15, 0.2) is 0 Å². The Hall–Kier alpha value is -2.61. The van der Waals surface area contributed by atoms with E-state index in [0.717, 1.165) is 22.4 Å². The third-order valence-corrected chi connectivity index (χ3v) is 5.69. The van der Waals surface area contributed by atoms with Gasteiger partial charge in [0, 0.05) is 26.5 Å². The van der Waals surface area contributed by atoms with Gasteiger partial charge in [0.25, 0.3) is 5.82 Å². The molecule has 2 aromatic carbocycles. The zero-order valence-electron chi connectivity index (χ0n) is 20.0. The molecule has 0 N–H and O–H groups in total. The van der Waals surface area contributed by atoms with Crippen LogP contribution in [0.15, 0.2) is 42.5 Å². The molecule has 0 amide bonds. The van der Waals surface area contributed by atoms with E-state index >= 15 is 0 Å². The Labute approximate surface area is 166 Å². The van der Waals surface area contributed by atoms with Gasteiger partial charge in [-0.2, -0.15) is 4.57 Å². The summed E-state index contributed by atoms with van der Waals surface area (Å²) in [5.41, 5.74) is 7.45. The van der Waals surface area contributed by atoms with Crippen LogP contribution in [0.1, 0.15) is 51.8 Å². The first-order valence-electron chi connectivity index (χ1n) is 11.1. The van der Waals surface area contributed by atoms with Gasteiger partial charge >= 0.3 is 0 Å². The molecule has 27 heavy (non-hydrogen) atoms. The summed E-state index contributed by atoms with van der Waals surface area (Å²) >= 11 is 0. The first kappa shape index (κ1) is 14.4. The molecule has 0 saturated heterocycles. The van der Waals surface area contributed by atoms with E-state index in [9.17, 15) is 0 Å². The lowest BCUT2D eigenvalue weighted by atomic mass is 9.91. The van der Waals surface area contributed by atoms with Crippen molar-refractivity contribution in [3.8, 4) is 5.82 Å². The van der Waals surface area contributed by atoms with E-state index in [0.29, 0.717) is 11.6 Å². The predicted molar refractivity (Wildman–Crippen MR) is 115 cm³/mol. The fourth-order valence-corrected chi connectivity index (χ4v) is 4.62. The summed E-state index contributed by atoms with van der Waals surface area (Å²) in [7, 11) is 1.85. The van der Waals surface area contributed by atoms with E-state index < -0.39 is 6.85 Å². The lowest BCUT2D eigenvalue weighted by Crippen LogP contribution is -2.37. The van der Waals surface area contributed by atoms with Crippen LogP contribution in [0.2, 0.25) is 0 Å². The molecular weight excluding hydrogens is 328 g/mol. The highest BCUT2D eigenvalue weighted by atomic mass is 15.1. The van der Waals surface area contributed by atoms with Crippen LogP contribution in [0.4, 0.5) is 0 Å². The van der Waals surface area contributed by atoms with Crippen LogP contribution < -0.4 is 4.57 Å². The molecule has 2 heterocycles. The fourth-order valence-electron chi connectivity index (χ4n) is 4.62. The van der Waals surface area contributed by atoms with E-state index in [4.69, 9.17) is 4.11 Å². The number of pyridine rings is 1. The molecular formula is C25H29N2+. The van der Waals surface area contributed by atoms with E-state index in [1.807, 2.05) is 24.6 Å². The van der Waals surface area contributed by atoms with Crippen LogP contribution in [0.25, 0.3) is 27.6 Å². The number of benzene rings is 2. The molecule has 2 nitrogen and oxygen atoms in total. The second-order valence-corrected chi connectivity index (χ2v) is 7.97. The molecule has 2 heteroatoms. The van der Waals surface area contributed by atoms with E-state index in [2.05, 4.69) is 62.6 Å². The van der Waals surface area contributed by atoms with E-state index in [1.54, 1.807) is 6.07 Å². The minimum atomic E-state index is -2.18. The summed E-state index contributed by atoms with van der Waals surface area (Å²) in [4.78, 5) is 0. The van der Waals surface area contributed by atoms with E-state index in [1.165, 1.54) is 27.5 Å². The third kappa shape index (κ3) is 2.58. The number of hydrogen-bond donors (Lipinski definition) is 0. The summed E-state index contributed by atoms with van der Waals surface area (Å²) < 4.78 is 28.1. The molecule has 0 unspecified atom stereocenters. The Morgan fingerprint density at radius 1 is 1.00 bits per heavy atom. The second-order valence-electron chi connectivity index (χ2n) is 7.97. The molecule has 0 aliphatic carbocycles. The van der Waals surface area contributed by atoms with Crippen LogP contribution in [0.5, 0.6) is 0 Å². The first-order valence-corrected chi connectivity index (χ1v) is 9.57. The third-order valence-electron chi connectivity index (χ3n) is 5.69. The zero-order chi connectivity index (χ0) is 22.0. The highest BCUT2D eigenvalue weighted by Gasteiger charge is 2.25. The Kier molecular flexibility index (Phi) is 3.33. The van der Waals surface area contributed by atoms with Crippen molar-refractivity contribution in [3.05, 3.63) is 70.4 Å². The summed E-state index contributed by atoms with van der Waals surface area (Å²) in [6, 6.07) is 14.5. The highest BCUT2D eigenvalue weighted by Crippen LogP contribution is 2.37. The zero-order valence-corrected chi connectivity index (χ0v) is 17.0. The van der Waals surface area contributed by atoms with Gasteiger partial charge in [0.1, 0.15) is 16.7 Å². The molecule has 0 atom stereocenters. The van der Waals surface area contributed by atoms with Crippen LogP contribution in [0, 0.1) is 27.6 Å². The maximum Gasteiger partial charge on any atom is 0.287 e. The van der Waals surface area contributed by atoms with Crippen LogP contribution >= 0.6 is 0 Å². The molecule has 4 aromatic rings. The normalized spacial score (nSPS) is 14.0. The van der Waals surface area contributed by atoms with Gasteiger partial charge in [-0.15, -0.1) is 0 Å². The van der Waals surface area contributed by atoms with Gasteiger partial charge in [-0.05, 0) is 74.5 Å². The Morgan fingerprint density at radius 3 is 2.44 bits per heavy atom. The molecule has 138 valence electrons. The van der Waals surface area contributed by atoms with Gasteiger partial charge in [0.05, 0.1) is 7.05 Å². The van der Waals surface area contributed by atoms with Crippen molar-refractivity contribution in [1.82, 2.24) is 4.57 Å². The number of aryl methyl sites for hydroxylation is 4. The van der Waals surface area contributed by atoms with Gasteiger partial charge in [-0.25, -0.2) is 4.57 Å². The molecule has 0 radical (unpaired) electrons. The minimum absolute atomic E-state index is 0.345. The minimum Gasteiger partial charge on any atom is -0.234 e. The molecule has 2 aromatic heterocycles. The maximum atomic E-state index is 8.02. The average molecular weight is 361 g/mol. The van der Waals surface area contributed by atoms with Crippen molar-refractivity contribution in [2.45, 2.75) is 47.4 Å². The topological polar surface area (TPSA) is 8.81 Å². The SMILES string of the molecule is [2H]C([2H])([2H])c1cc(C)cc(-n2c3ccccc3c3cc(C)c(C(C)C)c(C)c32)[n+]1C. The molecule has 0 spiro atoms. The fraction of sp³-hybridized carbons (Fsp3) is 0.320. The van der Waals surface area contributed by atoms with Gasteiger partial charge < -0.3 is 0 Å². The monoisotopic (exact) mass is 360 g/mol. The van der Waals surface area contributed by atoms with Crippen LogP contribution in [0.3, 0.4) is 0 Å². The molecule has 0 aliphatic heterocycles. The molecule has 0 saturated carbocycles. The van der Waals surface area contributed by atoms with Crippen molar-refractivity contribution in [1.29, 1.82) is 0 Å². The lowest BCUT2D eigenvalue weighted by molar-refractivity contribution is -0.671. The van der Waals surface area contributed by atoms with Crippen molar-refractivity contribution in [2.75, 3.05) is 0 Å². The number of aromatic nitrogens is 2. The number of fused-ring (bicyclic) bond motifs is 3. The van der Waals surface area contributed by atoms with Crippen molar-refractivity contribution in [3.63, 3.8) is 0 Å². The molecule has 0 aliphatic rings. The summed E-state index contributed by atoms with van der Waals surface area (Å²) in [5, 5.41) is 2.40. The Balaban J connectivity index is 2.25. The highest BCUT2D eigenvalue weighted by molar-refractivity contribution is 6.10. The van der Waals surface area contributed by atoms with Gasteiger partial charge in [-0.1, -0.05) is 26.0 Å². The Bertz CT molecular complexity index is 1290. The van der Waals surface area contributed by atoms with Gasteiger partial charge in [0.2, 0.25) is 0 Å².